The summed E-state index contributed by atoms with van der Waals surface area (Å²) >= 11 is 9.41. The molecule has 0 radical (unpaired) electrons. The molecule has 2 aromatic carbocycles. The maximum Gasteiger partial charge on any atom is 0.143 e. The first-order valence-electron chi connectivity index (χ1n) is 6.23. The van der Waals surface area contributed by atoms with Gasteiger partial charge in [-0.25, -0.2) is 4.68 Å². The van der Waals surface area contributed by atoms with Crippen LogP contribution in [0.3, 0.4) is 0 Å². The lowest BCUT2D eigenvalue weighted by molar-refractivity contribution is 0.789. The number of benzene rings is 2. The van der Waals surface area contributed by atoms with Crippen molar-refractivity contribution in [2.24, 2.45) is 0 Å². The average Bonchev–Trinajstić information content (AvgIpc) is 3.03. The van der Waals surface area contributed by atoms with E-state index in [2.05, 4.69) is 36.8 Å². The van der Waals surface area contributed by atoms with Gasteiger partial charge < -0.3 is 5.32 Å². The number of tetrazole rings is 1. The van der Waals surface area contributed by atoms with E-state index in [-0.39, 0.29) is 0 Å². The molecule has 3 aromatic rings. The Hall–Kier alpha value is -1.92. The van der Waals surface area contributed by atoms with Crippen molar-refractivity contribution in [3.8, 4) is 5.69 Å². The van der Waals surface area contributed by atoms with Gasteiger partial charge in [0.25, 0.3) is 0 Å². The van der Waals surface area contributed by atoms with Crippen molar-refractivity contribution in [3.63, 3.8) is 0 Å². The van der Waals surface area contributed by atoms with E-state index in [0.717, 1.165) is 21.4 Å². The van der Waals surface area contributed by atoms with Crippen LogP contribution in [0.5, 0.6) is 0 Å². The molecule has 5 nitrogen and oxygen atoms in total. The van der Waals surface area contributed by atoms with E-state index in [9.17, 15) is 0 Å². The van der Waals surface area contributed by atoms with Crippen LogP contribution < -0.4 is 5.32 Å². The van der Waals surface area contributed by atoms with Gasteiger partial charge in [0, 0.05) is 16.7 Å². The maximum atomic E-state index is 5.99. The van der Waals surface area contributed by atoms with Crippen LogP contribution in [-0.2, 0) is 6.54 Å². The van der Waals surface area contributed by atoms with E-state index in [0.29, 0.717) is 11.6 Å². The molecule has 1 N–H and O–H groups in total. The van der Waals surface area contributed by atoms with Crippen molar-refractivity contribution in [2.45, 2.75) is 6.54 Å². The third kappa shape index (κ3) is 3.40. The topological polar surface area (TPSA) is 55.6 Å². The minimum atomic E-state index is 0.703. The van der Waals surface area contributed by atoms with Gasteiger partial charge in [0.15, 0.2) is 0 Å². The standard InChI is InChI=1S/C14H11BrClN5/c15-13-6-10(4-5-14(13)16)8-17-11-2-1-3-12(7-11)21-9-18-19-20-21/h1-7,9,17H,8H2. The third-order valence-corrected chi connectivity index (χ3v) is 4.15. The summed E-state index contributed by atoms with van der Waals surface area (Å²) < 4.78 is 2.51. The van der Waals surface area contributed by atoms with Crippen molar-refractivity contribution in [2.75, 3.05) is 5.32 Å². The molecule has 7 heteroatoms. The van der Waals surface area contributed by atoms with Crippen LogP contribution in [-0.4, -0.2) is 20.2 Å². The van der Waals surface area contributed by atoms with Crippen LogP contribution in [0.4, 0.5) is 5.69 Å². The first-order chi connectivity index (χ1) is 10.2. The fourth-order valence-electron chi connectivity index (χ4n) is 1.89. The number of hydrogen-bond donors (Lipinski definition) is 1. The number of nitrogens with one attached hydrogen (secondary N) is 1. The summed E-state index contributed by atoms with van der Waals surface area (Å²) in [6.07, 6.45) is 1.56. The van der Waals surface area contributed by atoms with Crippen LogP contribution >= 0.6 is 27.5 Å². The molecule has 0 amide bonds. The zero-order valence-electron chi connectivity index (χ0n) is 10.9. The largest absolute Gasteiger partial charge is 0.381 e. The van der Waals surface area contributed by atoms with Crippen molar-refractivity contribution >= 4 is 33.2 Å². The van der Waals surface area contributed by atoms with Crippen LogP contribution in [0.25, 0.3) is 5.69 Å². The second-order valence-corrected chi connectivity index (χ2v) is 5.67. The molecule has 0 unspecified atom stereocenters. The third-order valence-electron chi connectivity index (χ3n) is 2.94. The van der Waals surface area contributed by atoms with Crippen LogP contribution in [0, 0.1) is 0 Å². The number of nitrogens with zero attached hydrogens (tertiary/aromatic N) is 4. The molecule has 1 aromatic heterocycles. The fourth-order valence-corrected chi connectivity index (χ4v) is 2.44. The monoisotopic (exact) mass is 363 g/mol. The molecule has 0 atom stereocenters. The highest BCUT2D eigenvalue weighted by molar-refractivity contribution is 9.10. The summed E-state index contributed by atoms with van der Waals surface area (Å²) in [5.41, 5.74) is 3.04. The molecular weight excluding hydrogens is 354 g/mol. The van der Waals surface area contributed by atoms with Crippen molar-refractivity contribution in [1.29, 1.82) is 0 Å². The predicted octanol–water partition coefficient (Wildman–Crippen LogP) is 3.69. The lowest BCUT2D eigenvalue weighted by Gasteiger charge is -2.09. The lowest BCUT2D eigenvalue weighted by Crippen LogP contribution is -2.01. The molecule has 0 bridgehead atoms. The molecule has 0 saturated carbocycles. The zero-order chi connectivity index (χ0) is 14.7. The second kappa shape index (κ2) is 6.24. The number of aromatic nitrogens is 4. The summed E-state index contributed by atoms with van der Waals surface area (Å²) in [4.78, 5) is 0. The Morgan fingerprint density at radius 3 is 2.86 bits per heavy atom. The van der Waals surface area contributed by atoms with E-state index in [1.54, 1.807) is 11.0 Å². The van der Waals surface area contributed by atoms with E-state index in [4.69, 9.17) is 11.6 Å². The predicted molar refractivity (Wildman–Crippen MR) is 85.6 cm³/mol. The molecule has 0 spiro atoms. The SMILES string of the molecule is Clc1ccc(CNc2cccc(-n3cnnn3)c2)cc1Br. The van der Waals surface area contributed by atoms with E-state index in [1.165, 1.54) is 0 Å². The lowest BCUT2D eigenvalue weighted by atomic mass is 10.2. The Labute approximate surface area is 135 Å². The Morgan fingerprint density at radius 2 is 2.10 bits per heavy atom. The number of hydrogen-bond acceptors (Lipinski definition) is 4. The van der Waals surface area contributed by atoms with Crippen LogP contribution in [0.2, 0.25) is 5.02 Å². The fraction of sp³-hybridized carbons (Fsp3) is 0.0714. The number of anilines is 1. The molecular formula is C14H11BrClN5. The summed E-state index contributed by atoms with van der Waals surface area (Å²) in [5.74, 6) is 0. The molecule has 0 aliphatic heterocycles. The molecule has 1 heterocycles. The van der Waals surface area contributed by atoms with Gasteiger partial charge in [-0.05, 0) is 62.3 Å². The average molecular weight is 365 g/mol. The highest BCUT2D eigenvalue weighted by atomic mass is 79.9. The Balaban J connectivity index is 1.73. The second-order valence-electron chi connectivity index (χ2n) is 4.41. The van der Waals surface area contributed by atoms with Gasteiger partial charge in [-0.15, -0.1) is 5.10 Å². The van der Waals surface area contributed by atoms with Crippen molar-refractivity contribution in [1.82, 2.24) is 20.2 Å². The normalized spacial score (nSPS) is 10.6. The quantitative estimate of drug-likeness (QED) is 0.767. The van der Waals surface area contributed by atoms with Gasteiger partial charge in [0.1, 0.15) is 6.33 Å². The molecule has 0 saturated heterocycles. The molecule has 21 heavy (non-hydrogen) atoms. The molecule has 0 fully saturated rings. The Kier molecular flexibility index (Phi) is 4.17. The van der Waals surface area contributed by atoms with Gasteiger partial charge >= 0.3 is 0 Å². The zero-order valence-corrected chi connectivity index (χ0v) is 13.2. The smallest absolute Gasteiger partial charge is 0.143 e. The van der Waals surface area contributed by atoms with Crippen LogP contribution in [0.15, 0.2) is 53.3 Å². The number of rotatable bonds is 4. The highest BCUT2D eigenvalue weighted by Crippen LogP contribution is 2.23. The Bertz CT molecular complexity index is 745. The maximum absolute atomic E-state index is 5.99. The molecule has 0 aliphatic carbocycles. The van der Waals surface area contributed by atoms with E-state index >= 15 is 0 Å². The summed E-state index contributed by atoms with van der Waals surface area (Å²) in [7, 11) is 0. The van der Waals surface area contributed by atoms with Gasteiger partial charge in [-0.2, -0.15) is 0 Å². The van der Waals surface area contributed by atoms with Crippen molar-refractivity contribution in [3.05, 3.63) is 63.9 Å². The minimum absolute atomic E-state index is 0.703. The van der Waals surface area contributed by atoms with E-state index in [1.807, 2.05) is 42.5 Å². The minimum Gasteiger partial charge on any atom is -0.381 e. The van der Waals surface area contributed by atoms with Crippen molar-refractivity contribution < 1.29 is 0 Å². The van der Waals surface area contributed by atoms with E-state index < -0.39 is 0 Å². The van der Waals surface area contributed by atoms with Gasteiger partial charge in [-0.3, -0.25) is 0 Å². The summed E-state index contributed by atoms with van der Waals surface area (Å²) in [6.45, 7) is 0.703. The highest BCUT2D eigenvalue weighted by Gasteiger charge is 2.01. The van der Waals surface area contributed by atoms with Crippen LogP contribution in [0.1, 0.15) is 5.56 Å². The molecule has 3 rings (SSSR count). The summed E-state index contributed by atoms with van der Waals surface area (Å²) in [5, 5.41) is 15.2. The van der Waals surface area contributed by atoms with Gasteiger partial charge in [0.2, 0.25) is 0 Å². The first-order valence-corrected chi connectivity index (χ1v) is 7.41. The molecule has 0 aliphatic rings. The van der Waals surface area contributed by atoms with Gasteiger partial charge in [-0.1, -0.05) is 23.7 Å². The number of halogens is 2. The van der Waals surface area contributed by atoms with Gasteiger partial charge in [0.05, 0.1) is 10.7 Å². The Morgan fingerprint density at radius 1 is 1.19 bits per heavy atom. The molecule has 106 valence electrons. The first kappa shape index (κ1) is 14.0. The summed E-state index contributed by atoms with van der Waals surface area (Å²) in [6, 6.07) is 13.8.